The standard InChI is InChI=1S/C17H14F5N3O2S/c1-25(28(26,27)17(20,21)22)16-6-5-9(8-16)10-7-13(23-24-15(10)16)14-11(18)3-2-4-12(14)19/h2-4,7,9H,5-6,8H2,1H3/t9-,16-/m1/s1. The van der Waals surface area contributed by atoms with Crippen molar-refractivity contribution in [1.82, 2.24) is 14.5 Å². The highest BCUT2D eigenvalue weighted by atomic mass is 32.2. The molecule has 0 aliphatic heterocycles. The van der Waals surface area contributed by atoms with Crippen molar-refractivity contribution in [2.75, 3.05) is 7.05 Å². The molecule has 2 aliphatic rings. The number of alkyl halides is 3. The first-order valence-corrected chi connectivity index (χ1v) is 9.81. The molecule has 5 nitrogen and oxygen atoms in total. The molecule has 0 amide bonds. The van der Waals surface area contributed by atoms with Crippen LogP contribution < -0.4 is 0 Å². The van der Waals surface area contributed by atoms with Crippen LogP contribution in [-0.2, 0) is 15.6 Å². The average Bonchev–Trinajstić information content (AvgIpc) is 3.18. The van der Waals surface area contributed by atoms with E-state index in [0.29, 0.717) is 16.3 Å². The number of rotatable bonds is 3. The average molecular weight is 419 g/mol. The number of hydrogen-bond donors (Lipinski definition) is 0. The van der Waals surface area contributed by atoms with Gasteiger partial charge in [0.25, 0.3) is 0 Å². The molecule has 11 heteroatoms. The number of benzene rings is 1. The van der Waals surface area contributed by atoms with Gasteiger partial charge in [-0.2, -0.15) is 22.6 Å². The zero-order chi connectivity index (χ0) is 20.5. The number of fused-ring (bicyclic) bond motifs is 5. The van der Waals surface area contributed by atoms with Gasteiger partial charge in [0.15, 0.2) is 0 Å². The van der Waals surface area contributed by atoms with Crippen LogP contribution >= 0.6 is 0 Å². The molecule has 28 heavy (non-hydrogen) atoms. The van der Waals surface area contributed by atoms with Gasteiger partial charge in [0.1, 0.15) is 11.6 Å². The quantitative estimate of drug-likeness (QED) is 0.712. The fourth-order valence-electron chi connectivity index (χ4n) is 4.27. The van der Waals surface area contributed by atoms with Crippen LogP contribution in [0.25, 0.3) is 11.3 Å². The SMILES string of the molecule is CN([C@]12CC[C@H](C1)c1cc(-c3c(F)cccc3F)nnc12)S(=O)(=O)C(F)(F)F. The molecule has 1 fully saturated rings. The third-order valence-corrected chi connectivity index (χ3v) is 7.32. The first kappa shape index (κ1) is 19.2. The van der Waals surface area contributed by atoms with E-state index in [1.54, 1.807) is 0 Å². The Morgan fingerprint density at radius 1 is 1.18 bits per heavy atom. The number of sulfonamides is 1. The highest BCUT2D eigenvalue weighted by molar-refractivity contribution is 7.90. The molecule has 0 saturated heterocycles. The summed E-state index contributed by atoms with van der Waals surface area (Å²) in [6.07, 6.45) is 0.722. The lowest BCUT2D eigenvalue weighted by atomic mass is 9.91. The molecule has 1 aromatic heterocycles. The molecular formula is C17H14F5N3O2S. The lowest BCUT2D eigenvalue weighted by molar-refractivity contribution is -0.0515. The maximum absolute atomic E-state index is 14.0. The van der Waals surface area contributed by atoms with Crippen molar-refractivity contribution >= 4 is 10.0 Å². The molecule has 2 aromatic rings. The van der Waals surface area contributed by atoms with Crippen molar-refractivity contribution in [2.24, 2.45) is 0 Å². The van der Waals surface area contributed by atoms with Crippen LogP contribution in [0.1, 0.15) is 36.4 Å². The zero-order valence-corrected chi connectivity index (χ0v) is 15.3. The molecular weight excluding hydrogens is 405 g/mol. The predicted molar refractivity (Wildman–Crippen MR) is 88.4 cm³/mol. The lowest BCUT2D eigenvalue weighted by Crippen LogP contribution is -2.49. The van der Waals surface area contributed by atoms with Crippen molar-refractivity contribution in [3.63, 3.8) is 0 Å². The molecule has 4 rings (SSSR count). The van der Waals surface area contributed by atoms with Crippen LogP contribution in [-0.4, -0.2) is 35.5 Å². The molecule has 0 spiro atoms. The Morgan fingerprint density at radius 3 is 2.43 bits per heavy atom. The summed E-state index contributed by atoms with van der Waals surface area (Å²) in [5, 5.41) is 7.73. The lowest BCUT2D eigenvalue weighted by Gasteiger charge is -2.36. The van der Waals surface area contributed by atoms with Gasteiger partial charge in [-0.1, -0.05) is 6.07 Å². The molecule has 1 saturated carbocycles. The van der Waals surface area contributed by atoms with Crippen LogP contribution in [0.4, 0.5) is 22.0 Å². The van der Waals surface area contributed by atoms with E-state index in [1.807, 2.05) is 0 Å². The Morgan fingerprint density at radius 2 is 1.82 bits per heavy atom. The number of hydrogen-bond acceptors (Lipinski definition) is 4. The Balaban J connectivity index is 1.83. The Labute approximate surface area is 157 Å². The second kappa shape index (κ2) is 5.93. The summed E-state index contributed by atoms with van der Waals surface area (Å²) in [6.45, 7) is 0. The fourth-order valence-corrected chi connectivity index (χ4v) is 5.29. The van der Waals surface area contributed by atoms with E-state index in [4.69, 9.17) is 0 Å². The third kappa shape index (κ3) is 2.48. The van der Waals surface area contributed by atoms with Crippen LogP contribution in [0.5, 0.6) is 0 Å². The monoisotopic (exact) mass is 419 g/mol. The van der Waals surface area contributed by atoms with Gasteiger partial charge >= 0.3 is 15.5 Å². The normalized spacial score (nSPS) is 24.0. The van der Waals surface area contributed by atoms with E-state index < -0.39 is 32.7 Å². The topological polar surface area (TPSA) is 63.2 Å². The van der Waals surface area contributed by atoms with E-state index in [2.05, 4.69) is 10.2 Å². The van der Waals surface area contributed by atoms with E-state index in [9.17, 15) is 30.4 Å². The summed E-state index contributed by atoms with van der Waals surface area (Å²) in [5.74, 6) is -1.95. The minimum atomic E-state index is -5.58. The van der Waals surface area contributed by atoms with Gasteiger partial charge < -0.3 is 0 Å². The second-order valence-corrected chi connectivity index (χ2v) is 8.98. The van der Waals surface area contributed by atoms with Crippen molar-refractivity contribution in [1.29, 1.82) is 0 Å². The highest BCUT2D eigenvalue weighted by Crippen LogP contribution is 2.59. The summed E-state index contributed by atoms with van der Waals surface area (Å²) < 4.78 is 91.5. The van der Waals surface area contributed by atoms with E-state index in [0.717, 1.165) is 19.2 Å². The highest BCUT2D eigenvalue weighted by Gasteiger charge is 2.61. The van der Waals surface area contributed by atoms with Crippen molar-refractivity contribution in [3.05, 3.63) is 47.2 Å². The van der Waals surface area contributed by atoms with E-state index >= 15 is 0 Å². The van der Waals surface area contributed by atoms with Crippen molar-refractivity contribution in [3.8, 4) is 11.3 Å². The van der Waals surface area contributed by atoms with Gasteiger partial charge in [-0.25, -0.2) is 17.2 Å². The first-order valence-electron chi connectivity index (χ1n) is 8.37. The summed E-state index contributed by atoms with van der Waals surface area (Å²) in [4.78, 5) is 0. The summed E-state index contributed by atoms with van der Waals surface area (Å²) in [6, 6.07) is 4.71. The van der Waals surface area contributed by atoms with Gasteiger partial charge in [0, 0.05) is 7.05 Å². The van der Waals surface area contributed by atoms with Gasteiger partial charge in [0.05, 0.1) is 22.5 Å². The molecule has 1 heterocycles. The van der Waals surface area contributed by atoms with Crippen molar-refractivity contribution < 1.29 is 30.4 Å². The fraction of sp³-hybridized carbons (Fsp3) is 0.412. The molecule has 2 bridgehead atoms. The van der Waals surface area contributed by atoms with Gasteiger partial charge in [-0.3, -0.25) is 0 Å². The minimum Gasteiger partial charge on any atom is -0.206 e. The molecule has 2 aliphatic carbocycles. The molecule has 0 unspecified atom stereocenters. The number of nitrogens with zero attached hydrogens (tertiary/aromatic N) is 3. The molecule has 0 radical (unpaired) electrons. The van der Waals surface area contributed by atoms with Crippen LogP contribution in [0, 0.1) is 11.6 Å². The minimum absolute atomic E-state index is 0.0848. The largest absolute Gasteiger partial charge is 0.511 e. The number of aromatic nitrogens is 2. The Kier molecular flexibility index (Phi) is 4.06. The molecule has 150 valence electrons. The molecule has 0 N–H and O–H groups in total. The maximum Gasteiger partial charge on any atom is 0.511 e. The maximum atomic E-state index is 14.0. The zero-order valence-electron chi connectivity index (χ0n) is 14.5. The van der Waals surface area contributed by atoms with Crippen molar-refractivity contribution in [2.45, 2.75) is 36.2 Å². The predicted octanol–water partition coefficient (Wildman–Crippen LogP) is 3.68. The van der Waals surface area contributed by atoms with E-state index in [-0.39, 0.29) is 35.7 Å². The molecule has 1 aromatic carbocycles. The van der Waals surface area contributed by atoms with Gasteiger partial charge in [-0.15, -0.1) is 5.10 Å². The second-order valence-electron chi connectivity index (χ2n) is 7.02. The Bertz CT molecular complexity index is 1050. The van der Waals surface area contributed by atoms with Gasteiger partial charge in [0.2, 0.25) is 0 Å². The summed E-state index contributed by atoms with van der Waals surface area (Å²) >= 11 is 0. The first-order chi connectivity index (χ1) is 13.0. The number of halogens is 5. The van der Waals surface area contributed by atoms with Crippen LogP contribution in [0.2, 0.25) is 0 Å². The van der Waals surface area contributed by atoms with E-state index in [1.165, 1.54) is 12.1 Å². The smallest absolute Gasteiger partial charge is 0.206 e. The van der Waals surface area contributed by atoms with Crippen LogP contribution in [0.15, 0.2) is 24.3 Å². The third-order valence-electron chi connectivity index (χ3n) is 5.67. The van der Waals surface area contributed by atoms with Crippen LogP contribution in [0.3, 0.4) is 0 Å². The Hall–Kier alpha value is -2.14. The molecule has 2 atom stereocenters. The summed E-state index contributed by atoms with van der Waals surface area (Å²) in [5.41, 5.74) is -6.79. The van der Waals surface area contributed by atoms with Gasteiger partial charge in [-0.05, 0) is 48.9 Å². The summed E-state index contributed by atoms with van der Waals surface area (Å²) in [7, 11) is -4.70.